The van der Waals surface area contributed by atoms with E-state index < -0.39 is 5.60 Å². The Bertz CT molecular complexity index is 720. The number of amides is 1. The number of ether oxygens (including phenoxy) is 1. The van der Waals surface area contributed by atoms with Gasteiger partial charge in [0.05, 0.1) is 12.7 Å². The molecule has 2 aromatic rings. The molecule has 1 aromatic carbocycles. The van der Waals surface area contributed by atoms with E-state index in [1.807, 2.05) is 31.2 Å². The van der Waals surface area contributed by atoms with Gasteiger partial charge < -0.3 is 20.1 Å². The second-order valence-corrected chi connectivity index (χ2v) is 6.05. The van der Waals surface area contributed by atoms with E-state index in [2.05, 4.69) is 15.3 Å². The van der Waals surface area contributed by atoms with Crippen LogP contribution in [0.1, 0.15) is 35.4 Å². The van der Waals surface area contributed by atoms with Gasteiger partial charge in [-0.05, 0) is 38.3 Å². The fourth-order valence-electron chi connectivity index (χ4n) is 2.68. The van der Waals surface area contributed by atoms with Crippen molar-refractivity contribution in [2.24, 2.45) is 0 Å². The molecule has 3 N–H and O–H groups in total. The third-order valence-electron chi connectivity index (χ3n) is 4.31. The van der Waals surface area contributed by atoms with E-state index in [9.17, 15) is 9.90 Å². The molecule has 0 saturated heterocycles. The van der Waals surface area contributed by atoms with Crippen molar-refractivity contribution in [2.75, 3.05) is 13.7 Å². The van der Waals surface area contributed by atoms with Gasteiger partial charge in [0, 0.05) is 17.8 Å². The van der Waals surface area contributed by atoms with Crippen molar-refractivity contribution in [3.63, 3.8) is 0 Å². The number of aromatic amines is 1. The van der Waals surface area contributed by atoms with Gasteiger partial charge in [-0.2, -0.15) is 0 Å². The molecule has 0 aliphatic heterocycles. The van der Waals surface area contributed by atoms with Gasteiger partial charge in [0.25, 0.3) is 5.91 Å². The van der Waals surface area contributed by atoms with Crippen LogP contribution in [0, 0.1) is 6.92 Å². The zero-order valence-electron chi connectivity index (χ0n) is 13.3. The molecule has 1 aliphatic carbocycles. The van der Waals surface area contributed by atoms with Crippen LogP contribution in [0.4, 0.5) is 0 Å². The lowest BCUT2D eigenvalue weighted by Crippen LogP contribution is -2.47. The molecule has 23 heavy (non-hydrogen) atoms. The van der Waals surface area contributed by atoms with Crippen LogP contribution in [0.25, 0.3) is 11.4 Å². The normalized spacial score (nSPS) is 15.8. The number of imidazole rings is 1. The Morgan fingerprint density at radius 2 is 2.26 bits per heavy atom. The summed E-state index contributed by atoms with van der Waals surface area (Å²) in [6, 6.07) is 7.49. The first-order valence-electron chi connectivity index (χ1n) is 7.72. The van der Waals surface area contributed by atoms with Crippen molar-refractivity contribution in [3.05, 3.63) is 35.7 Å². The number of benzene rings is 1. The first-order valence-corrected chi connectivity index (χ1v) is 7.72. The molecule has 0 spiro atoms. The number of methoxy groups -OCH3 is 1. The SMILES string of the molecule is COc1cccc(-c2nc(C(=O)NCC3(O)CCC3)c(C)[nH]2)c1. The fraction of sp³-hybridized carbons (Fsp3) is 0.412. The number of nitrogens with zero attached hydrogens (tertiary/aromatic N) is 1. The largest absolute Gasteiger partial charge is 0.497 e. The highest BCUT2D eigenvalue weighted by molar-refractivity contribution is 5.94. The summed E-state index contributed by atoms with van der Waals surface area (Å²) in [5.41, 5.74) is 1.16. The molecule has 1 aliphatic rings. The summed E-state index contributed by atoms with van der Waals surface area (Å²) in [5.74, 6) is 1.08. The number of nitrogens with one attached hydrogen (secondary N) is 2. The molecule has 6 heteroatoms. The molecule has 1 fully saturated rings. The number of rotatable bonds is 5. The number of aromatic nitrogens is 2. The van der Waals surface area contributed by atoms with Crippen LogP contribution in [-0.2, 0) is 0 Å². The topological polar surface area (TPSA) is 87.2 Å². The molecule has 0 atom stereocenters. The zero-order chi connectivity index (χ0) is 16.4. The predicted octanol–water partition coefficient (Wildman–Crippen LogP) is 2.04. The lowest BCUT2D eigenvalue weighted by atomic mass is 9.80. The van der Waals surface area contributed by atoms with Crippen LogP contribution in [0.15, 0.2) is 24.3 Å². The molecule has 0 unspecified atom stereocenters. The van der Waals surface area contributed by atoms with Crippen molar-refractivity contribution in [1.82, 2.24) is 15.3 Å². The molecule has 3 rings (SSSR count). The van der Waals surface area contributed by atoms with Crippen LogP contribution in [0.5, 0.6) is 5.75 Å². The van der Waals surface area contributed by atoms with Gasteiger partial charge >= 0.3 is 0 Å². The van der Waals surface area contributed by atoms with E-state index in [1.54, 1.807) is 7.11 Å². The number of hydrogen-bond donors (Lipinski definition) is 3. The Balaban J connectivity index is 1.76. The molecule has 122 valence electrons. The molecule has 6 nitrogen and oxygen atoms in total. The Labute approximate surface area is 134 Å². The highest BCUT2D eigenvalue weighted by Gasteiger charge is 2.34. The maximum absolute atomic E-state index is 12.3. The highest BCUT2D eigenvalue weighted by atomic mass is 16.5. The first kappa shape index (κ1) is 15.6. The summed E-state index contributed by atoms with van der Waals surface area (Å²) in [6.45, 7) is 2.08. The molecule has 1 aromatic heterocycles. The van der Waals surface area contributed by atoms with Crippen LogP contribution in [0.3, 0.4) is 0 Å². The minimum atomic E-state index is -0.741. The summed E-state index contributed by atoms with van der Waals surface area (Å²) in [6.07, 6.45) is 2.48. The van der Waals surface area contributed by atoms with Gasteiger partial charge in [0.15, 0.2) is 0 Å². The van der Waals surface area contributed by atoms with Crippen LogP contribution in [0.2, 0.25) is 0 Å². The number of aliphatic hydroxyl groups is 1. The Morgan fingerprint density at radius 1 is 1.48 bits per heavy atom. The third-order valence-corrected chi connectivity index (χ3v) is 4.31. The number of H-pyrrole nitrogens is 1. The average Bonchev–Trinajstić information content (AvgIpc) is 2.93. The quantitative estimate of drug-likeness (QED) is 0.788. The van der Waals surface area contributed by atoms with Gasteiger partial charge in [0.2, 0.25) is 0 Å². The molecule has 0 radical (unpaired) electrons. The molecular weight excluding hydrogens is 294 g/mol. The third kappa shape index (κ3) is 3.22. The van der Waals surface area contributed by atoms with E-state index >= 15 is 0 Å². The van der Waals surface area contributed by atoms with Crippen molar-refractivity contribution in [3.8, 4) is 17.1 Å². The Kier molecular flexibility index (Phi) is 4.09. The second kappa shape index (κ2) is 6.04. The summed E-state index contributed by atoms with van der Waals surface area (Å²) < 4.78 is 5.21. The van der Waals surface area contributed by atoms with Crippen molar-refractivity contribution in [2.45, 2.75) is 31.8 Å². The second-order valence-electron chi connectivity index (χ2n) is 6.05. The predicted molar refractivity (Wildman–Crippen MR) is 86.4 cm³/mol. The monoisotopic (exact) mass is 315 g/mol. The van der Waals surface area contributed by atoms with Gasteiger partial charge in [-0.1, -0.05) is 12.1 Å². The van der Waals surface area contributed by atoms with E-state index in [-0.39, 0.29) is 12.5 Å². The molecular formula is C17H21N3O3. The van der Waals surface area contributed by atoms with Crippen LogP contribution >= 0.6 is 0 Å². The number of carbonyl (C=O) groups is 1. The lowest BCUT2D eigenvalue weighted by Gasteiger charge is -2.36. The van der Waals surface area contributed by atoms with Crippen molar-refractivity contribution in [1.29, 1.82) is 0 Å². The maximum Gasteiger partial charge on any atom is 0.271 e. The van der Waals surface area contributed by atoms with E-state index in [0.29, 0.717) is 17.2 Å². The van der Waals surface area contributed by atoms with E-state index in [4.69, 9.17) is 4.74 Å². The molecule has 1 heterocycles. The number of hydrogen-bond acceptors (Lipinski definition) is 4. The van der Waals surface area contributed by atoms with Crippen LogP contribution < -0.4 is 10.1 Å². The lowest BCUT2D eigenvalue weighted by molar-refractivity contribution is -0.0300. The Morgan fingerprint density at radius 3 is 2.91 bits per heavy atom. The van der Waals surface area contributed by atoms with Gasteiger partial charge in [0.1, 0.15) is 17.3 Å². The number of aryl methyl sites for hydroxylation is 1. The standard InChI is InChI=1S/C17H21N3O3/c1-11-14(16(21)18-10-17(22)7-4-8-17)20-15(19-11)12-5-3-6-13(9-12)23-2/h3,5-6,9,22H,4,7-8,10H2,1-2H3,(H,18,21)(H,19,20). The number of carbonyl (C=O) groups excluding carboxylic acids is 1. The minimum Gasteiger partial charge on any atom is -0.497 e. The van der Waals surface area contributed by atoms with Gasteiger partial charge in [-0.3, -0.25) is 4.79 Å². The Hall–Kier alpha value is -2.34. The molecule has 0 bridgehead atoms. The summed E-state index contributed by atoms with van der Waals surface area (Å²) in [7, 11) is 1.61. The van der Waals surface area contributed by atoms with E-state index in [0.717, 1.165) is 30.6 Å². The van der Waals surface area contributed by atoms with Gasteiger partial charge in [-0.15, -0.1) is 0 Å². The highest BCUT2D eigenvalue weighted by Crippen LogP contribution is 2.30. The van der Waals surface area contributed by atoms with E-state index in [1.165, 1.54) is 0 Å². The van der Waals surface area contributed by atoms with Crippen molar-refractivity contribution < 1.29 is 14.6 Å². The summed E-state index contributed by atoms with van der Waals surface area (Å²) in [4.78, 5) is 19.8. The minimum absolute atomic E-state index is 0.270. The average molecular weight is 315 g/mol. The summed E-state index contributed by atoms with van der Waals surface area (Å²) >= 11 is 0. The summed E-state index contributed by atoms with van der Waals surface area (Å²) in [5, 5.41) is 12.8. The fourth-order valence-corrected chi connectivity index (χ4v) is 2.68. The maximum atomic E-state index is 12.3. The van der Waals surface area contributed by atoms with Gasteiger partial charge in [-0.25, -0.2) is 4.98 Å². The van der Waals surface area contributed by atoms with Crippen LogP contribution in [-0.4, -0.2) is 40.2 Å². The molecule has 1 amide bonds. The molecule has 1 saturated carbocycles. The smallest absolute Gasteiger partial charge is 0.271 e. The van der Waals surface area contributed by atoms with Crippen molar-refractivity contribution >= 4 is 5.91 Å². The zero-order valence-corrected chi connectivity index (χ0v) is 13.3. The first-order chi connectivity index (χ1) is 11.0.